The highest BCUT2D eigenvalue weighted by Crippen LogP contribution is 2.07. The first-order valence-electron chi connectivity index (χ1n) is 6.36. The highest BCUT2D eigenvalue weighted by Gasteiger charge is 2.11. The van der Waals surface area contributed by atoms with Gasteiger partial charge in [0.15, 0.2) is 0 Å². The van der Waals surface area contributed by atoms with Crippen LogP contribution in [0.5, 0.6) is 0 Å². The Kier molecular flexibility index (Phi) is 5.40. The van der Waals surface area contributed by atoms with Crippen molar-refractivity contribution in [1.82, 2.24) is 14.9 Å². The number of aromatic nitrogens is 3. The van der Waals surface area contributed by atoms with Crippen molar-refractivity contribution < 1.29 is 19.2 Å². The molecule has 0 aliphatic heterocycles. The summed E-state index contributed by atoms with van der Waals surface area (Å²) in [6.45, 7) is 8.26. The maximum atomic E-state index is 10.7. The lowest BCUT2D eigenvalue weighted by Gasteiger charge is -2.17. The minimum atomic E-state index is -0.408. The summed E-state index contributed by atoms with van der Waals surface area (Å²) in [7, 11) is 0. The minimum absolute atomic E-state index is 0.225. The van der Waals surface area contributed by atoms with Gasteiger partial charge in [-0.1, -0.05) is 4.85 Å². The zero-order chi connectivity index (χ0) is 16.0. The van der Waals surface area contributed by atoms with Crippen LogP contribution in [0.2, 0.25) is 0 Å². The van der Waals surface area contributed by atoms with Gasteiger partial charge in [-0.05, 0) is 32.9 Å². The van der Waals surface area contributed by atoms with Gasteiger partial charge in [0, 0.05) is 20.0 Å². The molecule has 2 rings (SSSR count). The third-order valence-corrected chi connectivity index (χ3v) is 1.97. The minimum Gasteiger partial charge on any atom is -0.460 e. The summed E-state index contributed by atoms with van der Waals surface area (Å²) in [5.74, 6) is -0.633. The molecule has 7 heteroatoms. The van der Waals surface area contributed by atoms with Crippen LogP contribution < -0.4 is 4.84 Å². The standard InChI is InChI=1S/C8H7N3O2.C6H12O2/c1-6(12)13-11-8-3-2-4-9-7(8)5-10-11;1-5(7)8-6(2,3)4/h2-5H,1H3;1-4H3. The number of carbonyl (C=O) groups excluding carboxylic acids is 2. The number of rotatable bonds is 1. The van der Waals surface area contributed by atoms with Gasteiger partial charge in [-0.25, -0.2) is 4.79 Å². The number of pyridine rings is 1. The predicted molar refractivity (Wildman–Crippen MR) is 76.3 cm³/mol. The Morgan fingerprint density at radius 2 is 1.86 bits per heavy atom. The Morgan fingerprint density at radius 1 is 1.19 bits per heavy atom. The summed E-state index contributed by atoms with van der Waals surface area (Å²) < 4.78 is 4.80. The van der Waals surface area contributed by atoms with Gasteiger partial charge in [0.25, 0.3) is 0 Å². The molecule has 114 valence electrons. The molecule has 0 aliphatic carbocycles. The van der Waals surface area contributed by atoms with Crippen molar-refractivity contribution in [2.45, 2.75) is 40.2 Å². The summed E-state index contributed by atoms with van der Waals surface area (Å²) in [6.07, 6.45) is 3.19. The van der Waals surface area contributed by atoms with E-state index in [1.54, 1.807) is 18.3 Å². The number of hydrogen-bond acceptors (Lipinski definition) is 6. The molecule has 0 unspecified atom stereocenters. The van der Waals surface area contributed by atoms with E-state index in [2.05, 4.69) is 10.1 Å². The Balaban J connectivity index is 0.000000240. The molecule has 21 heavy (non-hydrogen) atoms. The normalized spacial score (nSPS) is 10.5. The molecule has 0 fully saturated rings. The maximum Gasteiger partial charge on any atom is 0.331 e. The van der Waals surface area contributed by atoms with Crippen molar-refractivity contribution >= 4 is 23.0 Å². The van der Waals surface area contributed by atoms with Gasteiger partial charge in [0.05, 0.1) is 6.20 Å². The van der Waals surface area contributed by atoms with Crippen LogP contribution in [-0.2, 0) is 14.3 Å². The van der Waals surface area contributed by atoms with Crippen molar-refractivity contribution in [3.8, 4) is 0 Å². The Hall–Kier alpha value is -2.44. The van der Waals surface area contributed by atoms with E-state index in [-0.39, 0.29) is 11.6 Å². The largest absolute Gasteiger partial charge is 0.460 e. The average Bonchev–Trinajstić information content (AvgIpc) is 2.70. The van der Waals surface area contributed by atoms with E-state index in [1.165, 1.54) is 20.0 Å². The van der Waals surface area contributed by atoms with Crippen LogP contribution in [0.4, 0.5) is 0 Å². The van der Waals surface area contributed by atoms with E-state index in [1.807, 2.05) is 20.8 Å². The summed E-state index contributed by atoms with van der Waals surface area (Å²) in [5.41, 5.74) is 1.05. The highest BCUT2D eigenvalue weighted by atomic mass is 16.7. The molecule has 0 bridgehead atoms. The van der Waals surface area contributed by atoms with E-state index in [0.29, 0.717) is 11.0 Å². The fourth-order valence-corrected chi connectivity index (χ4v) is 1.47. The lowest BCUT2D eigenvalue weighted by molar-refractivity contribution is -0.152. The monoisotopic (exact) mass is 293 g/mol. The molecule has 0 radical (unpaired) electrons. The Labute approximate surface area is 122 Å². The Bertz CT molecular complexity index is 628. The second-order valence-corrected chi connectivity index (χ2v) is 5.21. The molecular formula is C14H19N3O4. The lowest BCUT2D eigenvalue weighted by atomic mass is 10.2. The first-order valence-corrected chi connectivity index (χ1v) is 6.36. The number of nitrogens with zero attached hydrogens (tertiary/aromatic N) is 3. The van der Waals surface area contributed by atoms with Crippen LogP contribution in [0.1, 0.15) is 34.6 Å². The molecule has 0 amide bonds. The molecule has 0 saturated carbocycles. The fraction of sp³-hybridized carbons (Fsp3) is 0.429. The van der Waals surface area contributed by atoms with E-state index >= 15 is 0 Å². The zero-order valence-corrected chi connectivity index (χ0v) is 12.8. The summed E-state index contributed by atoms with van der Waals surface area (Å²) in [6, 6.07) is 3.53. The van der Waals surface area contributed by atoms with Crippen molar-refractivity contribution in [1.29, 1.82) is 0 Å². The highest BCUT2D eigenvalue weighted by molar-refractivity contribution is 5.74. The first-order chi connectivity index (χ1) is 9.69. The van der Waals surface area contributed by atoms with Crippen molar-refractivity contribution in [2.24, 2.45) is 0 Å². The van der Waals surface area contributed by atoms with Gasteiger partial charge < -0.3 is 9.57 Å². The molecule has 2 aromatic heterocycles. The van der Waals surface area contributed by atoms with Crippen molar-refractivity contribution in [3.05, 3.63) is 24.5 Å². The van der Waals surface area contributed by atoms with Gasteiger partial charge >= 0.3 is 11.9 Å². The fourth-order valence-electron chi connectivity index (χ4n) is 1.47. The molecule has 0 saturated heterocycles. The second-order valence-electron chi connectivity index (χ2n) is 5.21. The van der Waals surface area contributed by atoms with Gasteiger partial charge in [-0.3, -0.25) is 9.78 Å². The third-order valence-electron chi connectivity index (χ3n) is 1.97. The molecule has 0 aliphatic rings. The van der Waals surface area contributed by atoms with Crippen LogP contribution in [0.3, 0.4) is 0 Å². The van der Waals surface area contributed by atoms with Gasteiger partial charge in [-0.15, -0.1) is 5.10 Å². The first kappa shape index (κ1) is 16.6. The van der Waals surface area contributed by atoms with E-state index in [4.69, 9.17) is 9.57 Å². The van der Waals surface area contributed by atoms with Crippen molar-refractivity contribution in [2.75, 3.05) is 0 Å². The van der Waals surface area contributed by atoms with Crippen LogP contribution in [0, 0.1) is 0 Å². The van der Waals surface area contributed by atoms with Gasteiger partial charge in [0.2, 0.25) is 0 Å². The number of esters is 1. The smallest absolute Gasteiger partial charge is 0.331 e. The number of fused-ring (bicyclic) bond motifs is 1. The van der Waals surface area contributed by atoms with Crippen LogP contribution in [0.25, 0.3) is 11.0 Å². The molecule has 0 N–H and O–H groups in total. The number of hydrogen-bond donors (Lipinski definition) is 0. The molecule has 0 spiro atoms. The van der Waals surface area contributed by atoms with E-state index < -0.39 is 5.97 Å². The molecular weight excluding hydrogens is 274 g/mol. The maximum absolute atomic E-state index is 10.7. The van der Waals surface area contributed by atoms with Crippen LogP contribution in [-0.4, -0.2) is 32.5 Å². The molecule has 0 atom stereocenters. The quantitative estimate of drug-likeness (QED) is 0.745. The van der Waals surface area contributed by atoms with Gasteiger partial charge in [0.1, 0.15) is 16.6 Å². The van der Waals surface area contributed by atoms with Gasteiger partial charge in [-0.2, -0.15) is 0 Å². The summed E-state index contributed by atoms with van der Waals surface area (Å²) in [4.78, 5) is 30.9. The SMILES string of the molecule is CC(=O)OC(C)(C)C.CC(=O)On1ncc2ncccc21. The third kappa shape index (κ3) is 6.03. The van der Waals surface area contributed by atoms with Crippen LogP contribution >= 0.6 is 0 Å². The Morgan fingerprint density at radius 3 is 2.33 bits per heavy atom. The van der Waals surface area contributed by atoms with Crippen LogP contribution in [0.15, 0.2) is 24.5 Å². The molecule has 7 nitrogen and oxygen atoms in total. The summed E-state index contributed by atoms with van der Waals surface area (Å²) >= 11 is 0. The average molecular weight is 293 g/mol. The zero-order valence-electron chi connectivity index (χ0n) is 12.8. The molecule has 2 heterocycles. The molecule has 2 aromatic rings. The van der Waals surface area contributed by atoms with E-state index in [0.717, 1.165) is 4.85 Å². The number of carbonyl (C=O) groups is 2. The predicted octanol–water partition coefficient (Wildman–Crippen LogP) is 1.75. The topological polar surface area (TPSA) is 83.3 Å². The van der Waals surface area contributed by atoms with E-state index in [9.17, 15) is 9.59 Å². The summed E-state index contributed by atoms with van der Waals surface area (Å²) in [5, 5.41) is 3.85. The number of ether oxygens (including phenoxy) is 1. The van der Waals surface area contributed by atoms with Crippen molar-refractivity contribution in [3.63, 3.8) is 0 Å². The molecule has 0 aromatic carbocycles. The lowest BCUT2D eigenvalue weighted by Crippen LogP contribution is -2.21. The second kappa shape index (κ2) is 6.83.